The lowest BCUT2D eigenvalue weighted by Gasteiger charge is -2.13. The van der Waals surface area contributed by atoms with Crippen molar-refractivity contribution < 1.29 is 5.11 Å². The van der Waals surface area contributed by atoms with Crippen molar-refractivity contribution >= 4 is 0 Å². The molecule has 0 amide bonds. The number of aryl methyl sites for hydroxylation is 1. The lowest BCUT2D eigenvalue weighted by atomic mass is 10.0. The van der Waals surface area contributed by atoms with E-state index >= 15 is 0 Å². The Kier molecular flexibility index (Phi) is 5.36. The molecule has 0 saturated carbocycles. The van der Waals surface area contributed by atoms with Gasteiger partial charge in [0.05, 0.1) is 6.10 Å². The Morgan fingerprint density at radius 3 is 2.46 bits per heavy atom. The molecule has 1 atom stereocenters. The number of rotatable bonds is 6. The van der Waals surface area contributed by atoms with E-state index in [1.807, 2.05) is 43.3 Å². The fourth-order valence-corrected chi connectivity index (χ4v) is 2.66. The Labute approximate surface area is 143 Å². The molecular formula is C21H22N2O. The van der Waals surface area contributed by atoms with Crippen LogP contribution in [-0.4, -0.2) is 16.6 Å². The van der Waals surface area contributed by atoms with Crippen LogP contribution >= 0.6 is 0 Å². The first-order valence-electron chi connectivity index (χ1n) is 8.17. The molecule has 0 radical (unpaired) electrons. The third-order valence-corrected chi connectivity index (χ3v) is 4.07. The zero-order valence-electron chi connectivity index (χ0n) is 13.8. The van der Waals surface area contributed by atoms with Crippen molar-refractivity contribution in [2.75, 3.05) is 6.54 Å². The van der Waals surface area contributed by atoms with E-state index in [0.717, 1.165) is 17.7 Å². The first-order valence-corrected chi connectivity index (χ1v) is 8.17. The molecule has 3 nitrogen and oxygen atoms in total. The Morgan fingerprint density at radius 2 is 1.71 bits per heavy atom. The van der Waals surface area contributed by atoms with E-state index in [4.69, 9.17) is 0 Å². The second kappa shape index (κ2) is 7.86. The molecule has 0 saturated heterocycles. The zero-order valence-corrected chi connectivity index (χ0v) is 13.8. The van der Waals surface area contributed by atoms with Crippen LogP contribution in [0.4, 0.5) is 0 Å². The molecule has 24 heavy (non-hydrogen) atoms. The van der Waals surface area contributed by atoms with Gasteiger partial charge < -0.3 is 10.4 Å². The molecule has 0 aliphatic heterocycles. The maximum atomic E-state index is 10.3. The number of nitrogens with zero attached hydrogens (tertiary/aromatic N) is 1. The molecule has 3 rings (SSSR count). The molecule has 3 aromatic rings. The van der Waals surface area contributed by atoms with Gasteiger partial charge in [-0.3, -0.25) is 4.98 Å². The highest BCUT2D eigenvalue weighted by molar-refractivity contribution is 5.63. The largest absolute Gasteiger partial charge is 0.387 e. The number of benzene rings is 2. The van der Waals surface area contributed by atoms with E-state index < -0.39 is 6.10 Å². The lowest BCUT2D eigenvalue weighted by Crippen LogP contribution is -2.21. The van der Waals surface area contributed by atoms with Crippen molar-refractivity contribution in [1.29, 1.82) is 0 Å². The summed E-state index contributed by atoms with van der Waals surface area (Å²) in [4.78, 5) is 4.06. The standard InChI is InChI=1S/C21H22N2O/c1-16-5-7-19(8-6-16)21(24)15-23-14-17-3-2-4-20(13-17)18-9-11-22-12-10-18/h2-13,21,23-24H,14-15H2,1H3. The summed E-state index contributed by atoms with van der Waals surface area (Å²) >= 11 is 0. The van der Waals surface area contributed by atoms with E-state index in [-0.39, 0.29) is 0 Å². The molecule has 0 aliphatic rings. The van der Waals surface area contributed by atoms with Crippen molar-refractivity contribution in [2.24, 2.45) is 0 Å². The van der Waals surface area contributed by atoms with Gasteiger partial charge in [-0.1, -0.05) is 48.0 Å². The van der Waals surface area contributed by atoms with E-state index in [2.05, 4.69) is 34.6 Å². The quantitative estimate of drug-likeness (QED) is 0.725. The zero-order chi connectivity index (χ0) is 16.8. The van der Waals surface area contributed by atoms with Crippen LogP contribution in [0.1, 0.15) is 22.8 Å². The fourth-order valence-electron chi connectivity index (χ4n) is 2.66. The summed E-state index contributed by atoms with van der Waals surface area (Å²) in [5.74, 6) is 0. The number of hydrogen-bond donors (Lipinski definition) is 2. The van der Waals surface area contributed by atoms with E-state index in [1.54, 1.807) is 12.4 Å². The summed E-state index contributed by atoms with van der Waals surface area (Å²) in [6.45, 7) is 3.30. The summed E-state index contributed by atoms with van der Waals surface area (Å²) < 4.78 is 0. The maximum Gasteiger partial charge on any atom is 0.0914 e. The van der Waals surface area contributed by atoms with Gasteiger partial charge in [0.15, 0.2) is 0 Å². The molecule has 0 aliphatic carbocycles. The Morgan fingerprint density at radius 1 is 0.958 bits per heavy atom. The molecule has 0 bridgehead atoms. The lowest BCUT2D eigenvalue weighted by molar-refractivity contribution is 0.174. The van der Waals surface area contributed by atoms with Gasteiger partial charge in [-0.05, 0) is 47.4 Å². The van der Waals surface area contributed by atoms with Crippen LogP contribution in [0.2, 0.25) is 0 Å². The molecule has 2 aromatic carbocycles. The predicted molar refractivity (Wildman–Crippen MR) is 97.5 cm³/mol. The monoisotopic (exact) mass is 318 g/mol. The molecule has 3 heteroatoms. The van der Waals surface area contributed by atoms with Gasteiger partial charge in [0, 0.05) is 25.5 Å². The minimum absolute atomic E-state index is 0.492. The number of nitrogens with one attached hydrogen (secondary N) is 1. The van der Waals surface area contributed by atoms with E-state index in [0.29, 0.717) is 6.54 Å². The van der Waals surface area contributed by atoms with Crippen LogP contribution in [-0.2, 0) is 6.54 Å². The summed E-state index contributed by atoms with van der Waals surface area (Å²) in [6.07, 6.45) is 3.12. The van der Waals surface area contributed by atoms with Crippen molar-refractivity contribution in [1.82, 2.24) is 10.3 Å². The third-order valence-electron chi connectivity index (χ3n) is 4.07. The Bertz CT molecular complexity index is 769. The van der Waals surface area contributed by atoms with Crippen molar-refractivity contribution in [3.63, 3.8) is 0 Å². The van der Waals surface area contributed by atoms with Crippen LogP contribution in [0.3, 0.4) is 0 Å². The van der Waals surface area contributed by atoms with Gasteiger partial charge in [0.25, 0.3) is 0 Å². The maximum absolute atomic E-state index is 10.3. The highest BCUT2D eigenvalue weighted by Gasteiger charge is 2.06. The number of aromatic nitrogens is 1. The van der Waals surface area contributed by atoms with Gasteiger partial charge in [0.1, 0.15) is 0 Å². The topological polar surface area (TPSA) is 45.1 Å². The molecule has 1 heterocycles. The molecule has 1 aromatic heterocycles. The first kappa shape index (κ1) is 16.4. The fraction of sp³-hybridized carbons (Fsp3) is 0.190. The number of hydrogen-bond acceptors (Lipinski definition) is 3. The van der Waals surface area contributed by atoms with Gasteiger partial charge in [-0.15, -0.1) is 0 Å². The molecule has 1 unspecified atom stereocenters. The highest BCUT2D eigenvalue weighted by atomic mass is 16.3. The minimum Gasteiger partial charge on any atom is -0.387 e. The van der Waals surface area contributed by atoms with Crippen molar-refractivity contribution in [3.8, 4) is 11.1 Å². The summed E-state index contributed by atoms with van der Waals surface area (Å²) in [5, 5.41) is 13.6. The van der Waals surface area contributed by atoms with Crippen LogP contribution in [0.15, 0.2) is 73.1 Å². The molecule has 122 valence electrons. The summed E-state index contributed by atoms with van der Waals surface area (Å²) in [6, 6.07) is 20.4. The third kappa shape index (κ3) is 4.28. The van der Waals surface area contributed by atoms with Crippen LogP contribution in [0, 0.1) is 6.92 Å². The Hall–Kier alpha value is -2.49. The van der Waals surface area contributed by atoms with E-state index in [1.165, 1.54) is 16.7 Å². The second-order valence-corrected chi connectivity index (χ2v) is 5.99. The summed E-state index contributed by atoms with van der Waals surface area (Å²) in [7, 11) is 0. The van der Waals surface area contributed by atoms with Crippen molar-refractivity contribution in [2.45, 2.75) is 19.6 Å². The number of aliphatic hydroxyl groups is 1. The average Bonchev–Trinajstić information content (AvgIpc) is 2.63. The van der Waals surface area contributed by atoms with Crippen LogP contribution < -0.4 is 5.32 Å². The second-order valence-electron chi connectivity index (χ2n) is 5.99. The van der Waals surface area contributed by atoms with Crippen molar-refractivity contribution in [3.05, 3.63) is 89.7 Å². The Balaban J connectivity index is 1.58. The van der Waals surface area contributed by atoms with Gasteiger partial charge in [0.2, 0.25) is 0 Å². The minimum atomic E-state index is -0.492. The molecule has 0 fully saturated rings. The average molecular weight is 318 g/mol. The SMILES string of the molecule is Cc1ccc(C(O)CNCc2cccc(-c3ccncc3)c2)cc1. The number of pyridine rings is 1. The van der Waals surface area contributed by atoms with Gasteiger partial charge in [-0.25, -0.2) is 0 Å². The van der Waals surface area contributed by atoms with E-state index in [9.17, 15) is 5.11 Å². The number of aliphatic hydroxyl groups excluding tert-OH is 1. The molecule has 2 N–H and O–H groups in total. The predicted octanol–water partition coefficient (Wildman–Crippen LogP) is 3.88. The molecule has 0 spiro atoms. The van der Waals surface area contributed by atoms with Gasteiger partial charge in [-0.2, -0.15) is 0 Å². The highest BCUT2D eigenvalue weighted by Crippen LogP contribution is 2.19. The van der Waals surface area contributed by atoms with Crippen LogP contribution in [0.25, 0.3) is 11.1 Å². The summed E-state index contributed by atoms with van der Waals surface area (Å²) in [5.41, 5.74) is 5.67. The normalized spacial score (nSPS) is 12.1. The van der Waals surface area contributed by atoms with Gasteiger partial charge >= 0.3 is 0 Å². The molecular weight excluding hydrogens is 296 g/mol. The smallest absolute Gasteiger partial charge is 0.0914 e. The van der Waals surface area contributed by atoms with Crippen LogP contribution in [0.5, 0.6) is 0 Å². The first-order chi connectivity index (χ1) is 11.7.